The summed E-state index contributed by atoms with van der Waals surface area (Å²) in [5.41, 5.74) is 6.14. The van der Waals surface area contributed by atoms with E-state index in [-0.39, 0.29) is 5.97 Å². The van der Waals surface area contributed by atoms with Gasteiger partial charge < -0.3 is 15.8 Å². The van der Waals surface area contributed by atoms with Crippen LogP contribution in [0.25, 0.3) is 0 Å². The number of rotatable bonds is 3. The van der Waals surface area contributed by atoms with Gasteiger partial charge >= 0.3 is 5.97 Å². The predicted molar refractivity (Wildman–Crippen MR) is 53.8 cm³/mol. The zero-order chi connectivity index (χ0) is 10.6. The number of nitrogen functional groups attached to an aromatic ring is 1. The SMILES string of the molecule is COC(=O)[C@@H](C)Nc1ncccc1N. The maximum absolute atomic E-state index is 11.1. The average Bonchev–Trinajstić information content (AvgIpc) is 2.20. The Hall–Kier alpha value is -1.78. The number of carbonyl (C=O) groups excluding carboxylic acids is 1. The first kappa shape index (κ1) is 10.3. The summed E-state index contributed by atoms with van der Waals surface area (Å²) in [5, 5.41) is 2.85. The Bertz CT molecular complexity index is 328. The van der Waals surface area contributed by atoms with E-state index in [4.69, 9.17) is 5.73 Å². The Morgan fingerprint density at radius 2 is 2.43 bits per heavy atom. The number of methoxy groups -OCH3 is 1. The van der Waals surface area contributed by atoms with E-state index in [0.717, 1.165) is 0 Å². The van der Waals surface area contributed by atoms with Crippen molar-refractivity contribution in [2.24, 2.45) is 0 Å². The van der Waals surface area contributed by atoms with Crippen molar-refractivity contribution >= 4 is 17.5 Å². The average molecular weight is 195 g/mol. The number of nitrogens with zero attached hydrogens (tertiary/aromatic N) is 1. The molecule has 5 nitrogen and oxygen atoms in total. The first-order chi connectivity index (χ1) is 6.65. The van der Waals surface area contributed by atoms with Crippen LogP contribution in [0, 0.1) is 0 Å². The number of carbonyl (C=O) groups is 1. The number of ether oxygens (including phenoxy) is 1. The summed E-state index contributed by atoms with van der Waals surface area (Å²) >= 11 is 0. The molecule has 1 heterocycles. The number of pyridine rings is 1. The maximum atomic E-state index is 11.1. The molecule has 0 aromatic carbocycles. The summed E-state index contributed by atoms with van der Waals surface area (Å²) in [4.78, 5) is 15.1. The molecule has 76 valence electrons. The Kier molecular flexibility index (Phi) is 3.28. The lowest BCUT2D eigenvalue weighted by Crippen LogP contribution is -2.27. The number of aromatic nitrogens is 1. The highest BCUT2D eigenvalue weighted by atomic mass is 16.5. The molecular formula is C9H13N3O2. The van der Waals surface area contributed by atoms with Crippen molar-refractivity contribution in [3.8, 4) is 0 Å². The van der Waals surface area contributed by atoms with Crippen molar-refractivity contribution in [2.75, 3.05) is 18.2 Å². The molecule has 0 radical (unpaired) electrons. The molecule has 0 unspecified atom stereocenters. The third kappa shape index (κ3) is 2.35. The molecule has 0 aliphatic carbocycles. The number of anilines is 2. The van der Waals surface area contributed by atoms with Crippen LogP contribution in [0.2, 0.25) is 0 Å². The molecular weight excluding hydrogens is 182 g/mol. The molecule has 0 fully saturated rings. The predicted octanol–water partition coefficient (Wildman–Crippen LogP) is 0.637. The lowest BCUT2D eigenvalue weighted by atomic mass is 10.3. The second-order valence-corrected chi connectivity index (χ2v) is 2.83. The first-order valence-corrected chi connectivity index (χ1v) is 4.20. The number of hydrogen-bond donors (Lipinski definition) is 2. The van der Waals surface area contributed by atoms with Crippen molar-refractivity contribution < 1.29 is 9.53 Å². The van der Waals surface area contributed by atoms with Gasteiger partial charge in [0.15, 0.2) is 0 Å². The molecule has 0 saturated carbocycles. The summed E-state index contributed by atoms with van der Waals surface area (Å²) < 4.78 is 4.55. The monoisotopic (exact) mass is 195 g/mol. The van der Waals surface area contributed by atoms with Crippen LogP contribution in [0.3, 0.4) is 0 Å². The fourth-order valence-electron chi connectivity index (χ4n) is 0.979. The van der Waals surface area contributed by atoms with Gasteiger partial charge in [0.1, 0.15) is 11.9 Å². The highest BCUT2D eigenvalue weighted by Crippen LogP contribution is 2.14. The van der Waals surface area contributed by atoms with Crippen LogP contribution in [-0.4, -0.2) is 24.1 Å². The number of nitrogens with two attached hydrogens (primary N) is 1. The van der Waals surface area contributed by atoms with Crippen LogP contribution in [-0.2, 0) is 9.53 Å². The molecule has 0 aliphatic heterocycles. The molecule has 1 aromatic rings. The summed E-state index contributed by atoms with van der Waals surface area (Å²) in [6.45, 7) is 1.68. The van der Waals surface area contributed by atoms with Gasteiger partial charge in [-0.1, -0.05) is 0 Å². The van der Waals surface area contributed by atoms with Crippen LogP contribution in [0.5, 0.6) is 0 Å². The van der Waals surface area contributed by atoms with E-state index in [2.05, 4.69) is 15.0 Å². The van der Waals surface area contributed by atoms with Crippen LogP contribution in [0.1, 0.15) is 6.92 Å². The lowest BCUT2D eigenvalue weighted by Gasteiger charge is -2.12. The molecule has 0 spiro atoms. The highest BCUT2D eigenvalue weighted by Gasteiger charge is 2.13. The molecule has 0 aliphatic rings. The Morgan fingerprint density at radius 3 is 3.00 bits per heavy atom. The molecule has 5 heteroatoms. The van der Waals surface area contributed by atoms with Crippen molar-refractivity contribution in [3.05, 3.63) is 18.3 Å². The quantitative estimate of drug-likeness (QED) is 0.692. The van der Waals surface area contributed by atoms with E-state index in [0.29, 0.717) is 11.5 Å². The van der Waals surface area contributed by atoms with Crippen molar-refractivity contribution in [1.82, 2.24) is 4.98 Å². The summed E-state index contributed by atoms with van der Waals surface area (Å²) in [6, 6.07) is 2.97. The number of nitrogens with one attached hydrogen (secondary N) is 1. The third-order valence-electron chi connectivity index (χ3n) is 1.75. The van der Waals surface area contributed by atoms with Gasteiger partial charge in [0.05, 0.1) is 12.8 Å². The molecule has 0 amide bonds. The van der Waals surface area contributed by atoms with Gasteiger partial charge in [0, 0.05) is 6.20 Å². The smallest absolute Gasteiger partial charge is 0.328 e. The normalized spacial score (nSPS) is 11.9. The van der Waals surface area contributed by atoms with Gasteiger partial charge in [-0.15, -0.1) is 0 Å². The van der Waals surface area contributed by atoms with Crippen LogP contribution >= 0.6 is 0 Å². The van der Waals surface area contributed by atoms with Crippen molar-refractivity contribution in [2.45, 2.75) is 13.0 Å². The first-order valence-electron chi connectivity index (χ1n) is 4.20. The maximum Gasteiger partial charge on any atom is 0.328 e. The Balaban J connectivity index is 2.69. The second-order valence-electron chi connectivity index (χ2n) is 2.83. The largest absolute Gasteiger partial charge is 0.467 e. The van der Waals surface area contributed by atoms with Gasteiger partial charge in [-0.05, 0) is 19.1 Å². The second kappa shape index (κ2) is 4.45. The molecule has 14 heavy (non-hydrogen) atoms. The van der Waals surface area contributed by atoms with Crippen LogP contribution in [0.15, 0.2) is 18.3 Å². The minimum atomic E-state index is -0.461. The van der Waals surface area contributed by atoms with Gasteiger partial charge in [0.2, 0.25) is 0 Å². The van der Waals surface area contributed by atoms with Crippen LogP contribution in [0.4, 0.5) is 11.5 Å². The van der Waals surface area contributed by atoms with E-state index in [1.807, 2.05) is 0 Å². The Labute approximate surface area is 82.3 Å². The molecule has 1 atom stereocenters. The topological polar surface area (TPSA) is 77.2 Å². The van der Waals surface area contributed by atoms with Gasteiger partial charge in [0.25, 0.3) is 0 Å². The van der Waals surface area contributed by atoms with Gasteiger partial charge in [-0.25, -0.2) is 9.78 Å². The zero-order valence-corrected chi connectivity index (χ0v) is 8.15. The van der Waals surface area contributed by atoms with Crippen molar-refractivity contribution in [3.63, 3.8) is 0 Å². The molecule has 3 N–H and O–H groups in total. The van der Waals surface area contributed by atoms with Crippen LogP contribution < -0.4 is 11.1 Å². The van der Waals surface area contributed by atoms with E-state index >= 15 is 0 Å². The van der Waals surface area contributed by atoms with E-state index in [1.165, 1.54) is 7.11 Å². The highest BCUT2D eigenvalue weighted by molar-refractivity contribution is 5.79. The fourth-order valence-corrected chi connectivity index (χ4v) is 0.979. The summed E-state index contributed by atoms with van der Waals surface area (Å²) in [5.74, 6) is 0.139. The third-order valence-corrected chi connectivity index (χ3v) is 1.75. The van der Waals surface area contributed by atoms with Gasteiger partial charge in [-0.2, -0.15) is 0 Å². The number of esters is 1. The zero-order valence-electron chi connectivity index (χ0n) is 8.15. The standard InChI is InChI=1S/C9H13N3O2/c1-6(9(13)14-2)12-8-7(10)4-3-5-11-8/h3-6H,10H2,1-2H3,(H,11,12)/t6-/m1/s1. The Morgan fingerprint density at radius 1 is 1.71 bits per heavy atom. The molecule has 0 saturated heterocycles. The number of hydrogen-bond acceptors (Lipinski definition) is 5. The van der Waals surface area contributed by atoms with E-state index in [1.54, 1.807) is 25.3 Å². The molecule has 1 aromatic heterocycles. The summed E-state index contributed by atoms with van der Waals surface area (Å²) in [6.07, 6.45) is 1.60. The lowest BCUT2D eigenvalue weighted by molar-refractivity contribution is -0.141. The minimum Gasteiger partial charge on any atom is -0.467 e. The van der Waals surface area contributed by atoms with Gasteiger partial charge in [-0.3, -0.25) is 0 Å². The minimum absolute atomic E-state index is 0.352. The van der Waals surface area contributed by atoms with E-state index < -0.39 is 6.04 Å². The van der Waals surface area contributed by atoms with E-state index in [9.17, 15) is 4.79 Å². The van der Waals surface area contributed by atoms with Crippen molar-refractivity contribution in [1.29, 1.82) is 0 Å². The fraction of sp³-hybridized carbons (Fsp3) is 0.333. The molecule has 1 rings (SSSR count). The summed E-state index contributed by atoms with van der Waals surface area (Å²) in [7, 11) is 1.34. The molecule has 0 bridgehead atoms.